The van der Waals surface area contributed by atoms with Gasteiger partial charge in [0.05, 0.1) is 0 Å². The van der Waals surface area contributed by atoms with Gasteiger partial charge in [0.15, 0.2) is 0 Å². The number of hydrogen-bond acceptors (Lipinski definition) is 0. The van der Waals surface area contributed by atoms with E-state index in [1.54, 1.807) is 0 Å². The Kier molecular flexibility index (Phi) is 2.70. The molecule has 11 heavy (non-hydrogen) atoms. The van der Waals surface area contributed by atoms with E-state index in [2.05, 4.69) is 38.3 Å². The first-order chi connectivity index (χ1) is 5.31. The molecule has 0 aromatic carbocycles. The van der Waals surface area contributed by atoms with Crippen molar-refractivity contribution in [3.8, 4) is 0 Å². The number of rotatable bonds is 2. The first kappa shape index (κ1) is 8.32. The van der Waals surface area contributed by atoms with Crippen molar-refractivity contribution in [2.75, 3.05) is 0 Å². The molecule has 0 amide bonds. The Labute approximate surface area is 69.3 Å². The van der Waals surface area contributed by atoms with Crippen LogP contribution in [0.2, 0.25) is 0 Å². The van der Waals surface area contributed by atoms with Gasteiger partial charge in [-0.25, -0.2) is 0 Å². The van der Waals surface area contributed by atoms with Crippen LogP contribution >= 0.6 is 0 Å². The summed E-state index contributed by atoms with van der Waals surface area (Å²) in [5.41, 5.74) is 1.53. The smallest absolute Gasteiger partial charge is 0.00201 e. The molecule has 1 fully saturated rings. The second-order valence-corrected chi connectivity index (χ2v) is 3.14. The molecule has 2 unspecified atom stereocenters. The third-order valence-corrected chi connectivity index (χ3v) is 2.52. The molecule has 0 aromatic rings. The highest BCUT2D eigenvalue weighted by atomic mass is 14.3. The lowest BCUT2D eigenvalue weighted by molar-refractivity contribution is 0.648. The fourth-order valence-corrected chi connectivity index (χ4v) is 1.77. The van der Waals surface area contributed by atoms with Crippen molar-refractivity contribution < 1.29 is 0 Å². The van der Waals surface area contributed by atoms with Crippen molar-refractivity contribution in [1.82, 2.24) is 0 Å². The Bertz CT molecular complexity index is 186. The Morgan fingerprint density at radius 2 is 2.09 bits per heavy atom. The van der Waals surface area contributed by atoms with Gasteiger partial charge in [0.2, 0.25) is 0 Å². The topological polar surface area (TPSA) is 0 Å². The molecule has 0 bridgehead atoms. The van der Waals surface area contributed by atoms with Crippen LogP contribution in [0.15, 0.2) is 37.0 Å². The van der Waals surface area contributed by atoms with Crippen LogP contribution in [0.3, 0.4) is 0 Å². The molecule has 1 aliphatic rings. The molecule has 0 heteroatoms. The summed E-state index contributed by atoms with van der Waals surface area (Å²) in [6.07, 6.45) is 8.74. The summed E-state index contributed by atoms with van der Waals surface area (Å²) in [4.78, 5) is 0. The zero-order chi connectivity index (χ0) is 8.27. The van der Waals surface area contributed by atoms with Crippen LogP contribution in [0, 0.1) is 11.8 Å². The van der Waals surface area contributed by atoms with Gasteiger partial charge in [-0.2, -0.15) is 0 Å². The molecule has 0 saturated heterocycles. The monoisotopic (exact) mass is 148 g/mol. The van der Waals surface area contributed by atoms with E-state index in [0.717, 1.165) is 0 Å². The first-order valence-corrected chi connectivity index (χ1v) is 4.22. The van der Waals surface area contributed by atoms with E-state index in [9.17, 15) is 0 Å². The Balaban J connectivity index is 2.69. The summed E-state index contributed by atoms with van der Waals surface area (Å²) in [5, 5.41) is 0. The molecule has 0 aromatic heterocycles. The van der Waals surface area contributed by atoms with Gasteiger partial charge in [-0.05, 0) is 31.6 Å². The fraction of sp³-hybridized carbons (Fsp3) is 0.455. The quantitative estimate of drug-likeness (QED) is 0.527. The minimum absolute atomic E-state index is 0.614. The lowest BCUT2D eigenvalue weighted by atomic mass is 10.0. The molecular formula is C11H16. The van der Waals surface area contributed by atoms with Gasteiger partial charge < -0.3 is 0 Å². The summed E-state index contributed by atoms with van der Waals surface area (Å²) in [6, 6.07) is 0. The van der Waals surface area contributed by atoms with E-state index in [1.807, 2.05) is 0 Å². The highest BCUT2D eigenvalue weighted by molar-refractivity contribution is 5.19. The maximum atomic E-state index is 3.83. The summed E-state index contributed by atoms with van der Waals surface area (Å²) in [5.74, 6) is 1.30. The summed E-state index contributed by atoms with van der Waals surface area (Å²) in [7, 11) is 0. The predicted octanol–water partition coefficient (Wildman–Crippen LogP) is 3.33. The van der Waals surface area contributed by atoms with Crippen LogP contribution < -0.4 is 0 Å². The molecular weight excluding hydrogens is 132 g/mol. The third-order valence-electron chi connectivity index (χ3n) is 2.52. The summed E-state index contributed by atoms with van der Waals surface area (Å²) >= 11 is 0. The minimum atomic E-state index is 0.614. The molecule has 1 saturated carbocycles. The van der Waals surface area contributed by atoms with Gasteiger partial charge in [0, 0.05) is 0 Å². The second-order valence-electron chi connectivity index (χ2n) is 3.14. The summed E-state index contributed by atoms with van der Waals surface area (Å²) in [6.45, 7) is 9.76. The van der Waals surface area contributed by atoms with Crippen molar-refractivity contribution >= 4 is 0 Å². The SMILES string of the molecule is C=CC1CC(=CC)C(C=C)C1. The maximum absolute atomic E-state index is 3.83. The number of hydrogen-bond donors (Lipinski definition) is 0. The Morgan fingerprint density at radius 1 is 1.36 bits per heavy atom. The van der Waals surface area contributed by atoms with Gasteiger partial charge in [-0.3, -0.25) is 0 Å². The van der Waals surface area contributed by atoms with Crippen LogP contribution in [0.5, 0.6) is 0 Å². The molecule has 0 N–H and O–H groups in total. The van der Waals surface area contributed by atoms with Crippen molar-refractivity contribution in [2.24, 2.45) is 11.8 Å². The van der Waals surface area contributed by atoms with Crippen molar-refractivity contribution in [2.45, 2.75) is 19.8 Å². The van der Waals surface area contributed by atoms with E-state index in [1.165, 1.54) is 18.4 Å². The van der Waals surface area contributed by atoms with Crippen LogP contribution in [0.1, 0.15) is 19.8 Å². The van der Waals surface area contributed by atoms with Crippen LogP contribution in [0.25, 0.3) is 0 Å². The molecule has 0 heterocycles. The van der Waals surface area contributed by atoms with Gasteiger partial charge >= 0.3 is 0 Å². The minimum Gasteiger partial charge on any atom is -0.103 e. The molecule has 0 radical (unpaired) electrons. The van der Waals surface area contributed by atoms with E-state index >= 15 is 0 Å². The van der Waals surface area contributed by atoms with Gasteiger partial charge in [0.25, 0.3) is 0 Å². The van der Waals surface area contributed by atoms with Crippen molar-refractivity contribution in [1.29, 1.82) is 0 Å². The second kappa shape index (κ2) is 3.56. The van der Waals surface area contributed by atoms with Crippen LogP contribution in [-0.2, 0) is 0 Å². The lowest BCUT2D eigenvalue weighted by Crippen LogP contribution is -1.90. The normalized spacial score (nSPS) is 34.1. The highest BCUT2D eigenvalue weighted by Crippen LogP contribution is 2.36. The van der Waals surface area contributed by atoms with E-state index < -0.39 is 0 Å². The molecule has 60 valence electrons. The summed E-state index contributed by atoms with van der Waals surface area (Å²) < 4.78 is 0. The fourth-order valence-electron chi connectivity index (χ4n) is 1.77. The zero-order valence-corrected chi connectivity index (χ0v) is 7.22. The molecule has 1 rings (SSSR count). The Hall–Kier alpha value is -0.780. The molecule has 2 atom stereocenters. The first-order valence-electron chi connectivity index (χ1n) is 4.22. The zero-order valence-electron chi connectivity index (χ0n) is 7.22. The lowest BCUT2D eigenvalue weighted by Gasteiger charge is -2.02. The van der Waals surface area contributed by atoms with E-state index in [-0.39, 0.29) is 0 Å². The number of allylic oxidation sites excluding steroid dienone is 4. The van der Waals surface area contributed by atoms with Gasteiger partial charge in [-0.1, -0.05) is 23.8 Å². The van der Waals surface area contributed by atoms with E-state index in [4.69, 9.17) is 0 Å². The van der Waals surface area contributed by atoms with Gasteiger partial charge in [-0.15, -0.1) is 13.2 Å². The van der Waals surface area contributed by atoms with Crippen molar-refractivity contribution in [3.63, 3.8) is 0 Å². The molecule has 0 aliphatic heterocycles. The standard InChI is InChI=1S/C11H16/c1-4-9-7-10(5-2)11(6-3)8-9/h4-6,9-10H,1-2,7-8H2,3H3. The molecule has 0 nitrogen and oxygen atoms in total. The average Bonchev–Trinajstić information content (AvgIpc) is 2.46. The molecule has 0 spiro atoms. The van der Waals surface area contributed by atoms with Crippen LogP contribution in [-0.4, -0.2) is 0 Å². The molecule has 1 aliphatic carbocycles. The van der Waals surface area contributed by atoms with Crippen molar-refractivity contribution in [3.05, 3.63) is 37.0 Å². The average molecular weight is 148 g/mol. The highest BCUT2D eigenvalue weighted by Gasteiger charge is 2.23. The van der Waals surface area contributed by atoms with Gasteiger partial charge in [0.1, 0.15) is 0 Å². The van der Waals surface area contributed by atoms with Crippen LogP contribution in [0.4, 0.5) is 0 Å². The predicted molar refractivity (Wildman–Crippen MR) is 50.4 cm³/mol. The third kappa shape index (κ3) is 1.62. The maximum Gasteiger partial charge on any atom is -0.00201 e. The Morgan fingerprint density at radius 3 is 2.45 bits per heavy atom. The van der Waals surface area contributed by atoms with E-state index in [0.29, 0.717) is 11.8 Å². The largest absolute Gasteiger partial charge is 0.103 e.